The van der Waals surface area contributed by atoms with E-state index in [4.69, 9.17) is 0 Å². The summed E-state index contributed by atoms with van der Waals surface area (Å²) >= 11 is 3.15. The van der Waals surface area contributed by atoms with Gasteiger partial charge < -0.3 is 10.4 Å². The number of nitrogens with one attached hydrogen (secondary N) is 1. The zero-order valence-corrected chi connectivity index (χ0v) is 12.9. The zero-order valence-electron chi connectivity index (χ0n) is 11.2. The first kappa shape index (κ1) is 14.2. The van der Waals surface area contributed by atoms with Crippen molar-refractivity contribution in [3.63, 3.8) is 0 Å². The van der Waals surface area contributed by atoms with Gasteiger partial charge in [-0.25, -0.2) is 4.98 Å². The molecule has 3 aromatic rings. The zero-order chi connectivity index (χ0) is 14.7. The van der Waals surface area contributed by atoms with Crippen molar-refractivity contribution in [2.75, 3.05) is 13.2 Å². The molecule has 0 saturated carbocycles. The summed E-state index contributed by atoms with van der Waals surface area (Å²) in [6.45, 7) is 0.495. The van der Waals surface area contributed by atoms with E-state index in [0.717, 1.165) is 11.4 Å². The average molecular weight is 321 g/mol. The molecule has 0 bridgehead atoms. The largest absolute Gasteiger partial charge is 0.396 e. The number of aromatic nitrogens is 2. The molecular formula is C14H15N3O2S2. The Morgan fingerprint density at radius 2 is 2.33 bits per heavy atom. The third-order valence-corrected chi connectivity index (χ3v) is 4.87. The van der Waals surface area contributed by atoms with Gasteiger partial charge in [0.05, 0.1) is 0 Å². The Bertz CT molecular complexity index is 689. The highest BCUT2D eigenvalue weighted by Crippen LogP contribution is 2.14. The Labute approximate surface area is 129 Å². The van der Waals surface area contributed by atoms with Crippen molar-refractivity contribution >= 4 is 33.5 Å². The van der Waals surface area contributed by atoms with Crippen molar-refractivity contribution in [3.05, 3.63) is 45.9 Å². The van der Waals surface area contributed by atoms with Crippen LogP contribution in [-0.4, -0.2) is 33.6 Å². The SMILES string of the molecule is O=C(NCC(CO)Cc1cccs1)c1cn2ccsc2n1. The molecule has 0 fully saturated rings. The number of imidazole rings is 1. The highest BCUT2D eigenvalue weighted by atomic mass is 32.1. The van der Waals surface area contributed by atoms with Crippen LogP contribution in [0.25, 0.3) is 4.96 Å². The fourth-order valence-electron chi connectivity index (χ4n) is 2.08. The Kier molecular flexibility index (Phi) is 4.33. The first-order chi connectivity index (χ1) is 10.3. The maximum Gasteiger partial charge on any atom is 0.271 e. The lowest BCUT2D eigenvalue weighted by Gasteiger charge is -2.13. The van der Waals surface area contributed by atoms with E-state index < -0.39 is 0 Å². The molecule has 0 aliphatic heterocycles. The summed E-state index contributed by atoms with van der Waals surface area (Å²) in [5.74, 6) is -0.174. The topological polar surface area (TPSA) is 66.6 Å². The Morgan fingerprint density at radius 1 is 1.43 bits per heavy atom. The quantitative estimate of drug-likeness (QED) is 0.730. The predicted molar refractivity (Wildman–Crippen MR) is 84.0 cm³/mol. The van der Waals surface area contributed by atoms with E-state index >= 15 is 0 Å². The molecule has 2 N–H and O–H groups in total. The predicted octanol–water partition coefficient (Wildman–Crippen LogP) is 2.04. The highest BCUT2D eigenvalue weighted by molar-refractivity contribution is 7.15. The van der Waals surface area contributed by atoms with E-state index in [9.17, 15) is 9.90 Å². The maximum absolute atomic E-state index is 12.1. The molecule has 0 aliphatic rings. The standard InChI is InChI=1S/C14H15N3O2S2/c18-9-10(6-11-2-1-4-20-11)7-15-13(19)12-8-17-3-5-21-14(17)16-12/h1-5,8,10,18H,6-7,9H2,(H,15,19). The number of thiazole rings is 1. The minimum absolute atomic E-state index is 0.0244. The first-order valence-corrected chi connectivity index (χ1v) is 8.36. The third-order valence-electron chi connectivity index (χ3n) is 3.21. The molecule has 1 atom stereocenters. The average Bonchev–Trinajstić information content (AvgIpc) is 3.18. The van der Waals surface area contributed by atoms with E-state index in [1.165, 1.54) is 16.2 Å². The van der Waals surface area contributed by atoms with Crippen molar-refractivity contribution in [1.82, 2.24) is 14.7 Å². The van der Waals surface area contributed by atoms with Gasteiger partial charge in [0.25, 0.3) is 5.91 Å². The molecule has 0 spiro atoms. The Hall–Kier alpha value is -1.70. The van der Waals surface area contributed by atoms with Crippen LogP contribution in [0.2, 0.25) is 0 Å². The minimum atomic E-state index is -0.199. The van der Waals surface area contributed by atoms with Gasteiger partial charge in [-0.3, -0.25) is 9.20 Å². The highest BCUT2D eigenvalue weighted by Gasteiger charge is 2.14. The lowest BCUT2D eigenvalue weighted by atomic mass is 10.1. The van der Waals surface area contributed by atoms with Crippen LogP contribution in [0, 0.1) is 5.92 Å². The van der Waals surface area contributed by atoms with E-state index in [1.54, 1.807) is 17.5 Å². The summed E-state index contributed by atoms with van der Waals surface area (Å²) in [5, 5.41) is 16.2. The van der Waals surface area contributed by atoms with Crippen LogP contribution < -0.4 is 5.32 Å². The molecular weight excluding hydrogens is 306 g/mol. The number of fused-ring (bicyclic) bond motifs is 1. The molecule has 1 amide bonds. The second kappa shape index (κ2) is 6.38. The summed E-state index contributed by atoms with van der Waals surface area (Å²) in [5.41, 5.74) is 0.412. The van der Waals surface area contributed by atoms with Crippen molar-refractivity contribution in [2.24, 2.45) is 5.92 Å². The molecule has 5 nitrogen and oxygen atoms in total. The minimum Gasteiger partial charge on any atom is -0.396 e. The first-order valence-electron chi connectivity index (χ1n) is 6.60. The van der Waals surface area contributed by atoms with Gasteiger partial charge >= 0.3 is 0 Å². The van der Waals surface area contributed by atoms with Crippen molar-refractivity contribution in [2.45, 2.75) is 6.42 Å². The third kappa shape index (κ3) is 3.31. The smallest absolute Gasteiger partial charge is 0.271 e. The summed E-state index contributed by atoms with van der Waals surface area (Å²) in [6, 6.07) is 4.03. The van der Waals surface area contributed by atoms with Gasteiger partial charge in [-0.1, -0.05) is 6.07 Å². The number of nitrogens with zero attached hydrogens (tertiary/aromatic N) is 2. The van der Waals surface area contributed by atoms with Gasteiger partial charge in [-0.2, -0.15) is 0 Å². The van der Waals surface area contributed by atoms with E-state index in [1.807, 2.05) is 33.5 Å². The molecule has 0 radical (unpaired) electrons. The number of aliphatic hydroxyl groups is 1. The van der Waals surface area contributed by atoms with Crippen LogP contribution in [0.5, 0.6) is 0 Å². The van der Waals surface area contributed by atoms with E-state index in [0.29, 0.717) is 12.2 Å². The molecule has 21 heavy (non-hydrogen) atoms. The fraction of sp³-hybridized carbons (Fsp3) is 0.286. The van der Waals surface area contributed by atoms with Crippen LogP contribution in [-0.2, 0) is 6.42 Å². The number of carbonyl (C=O) groups is 1. The summed E-state index contributed by atoms with van der Waals surface area (Å²) in [4.78, 5) is 18.4. The van der Waals surface area contributed by atoms with Crippen LogP contribution in [0.1, 0.15) is 15.4 Å². The summed E-state index contributed by atoms with van der Waals surface area (Å²) in [7, 11) is 0. The maximum atomic E-state index is 12.1. The Morgan fingerprint density at radius 3 is 3.05 bits per heavy atom. The number of amides is 1. The van der Waals surface area contributed by atoms with Crippen molar-refractivity contribution in [3.8, 4) is 0 Å². The van der Waals surface area contributed by atoms with Crippen LogP contribution >= 0.6 is 22.7 Å². The summed E-state index contributed by atoms with van der Waals surface area (Å²) in [6.07, 6.45) is 4.36. The molecule has 7 heteroatoms. The molecule has 3 rings (SSSR count). The molecule has 3 heterocycles. The van der Waals surface area contributed by atoms with Gasteiger partial charge in [0.1, 0.15) is 5.69 Å². The van der Waals surface area contributed by atoms with Crippen LogP contribution in [0.3, 0.4) is 0 Å². The van der Waals surface area contributed by atoms with Gasteiger partial charge in [0.2, 0.25) is 0 Å². The van der Waals surface area contributed by atoms with Crippen LogP contribution in [0.15, 0.2) is 35.3 Å². The second-order valence-corrected chi connectivity index (χ2v) is 6.67. The van der Waals surface area contributed by atoms with Gasteiger partial charge in [0.15, 0.2) is 4.96 Å². The van der Waals surface area contributed by atoms with Crippen LogP contribution in [0.4, 0.5) is 0 Å². The fourth-order valence-corrected chi connectivity index (χ4v) is 3.60. The monoisotopic (exact) mass is 321 g/mol. The molecule has 0 aliphatic carbocycles. The normalized spacial score (nSPS) is 12.6. The number of thiophene rings is 1. The lowest BCUT2D eigenvalue weighted by molar-refractivity contribution is 0.0935. The number of hydrogen-bond acceptors (Lipinski definition) is 5. The molecule has 0 saturated heterocycles. The second-order valence-electron chi connectivity index (χ2n) is 4.76. The van der Waals surface area contributed by atoms with Gasteiger partial charge in [-0.15, -0.1) is 22.7 Å². The molecule has 0 aromatic carbocycles. The van der Waals surface area contributed by atoms with Crippen molar-refractivity contribution < 1.29 is 9.90 Å². The van der Waals surface area contributed by atoms with Gasteiger partial charge in [0, 0.05) is 41.7 Å². The van der Waals surface area contributed by atoms with E-state index in [2.05, 4.69) is 10.3 Å². The summed E-state index contributed by atoms with van der Waals surface area (Å²) < 4.78 is 1.83. The number of hydrogen-bond donors (Lipinski definition) is 2. The Balaban J connectivity index is 1.57. The molecule has 3 aromatic heterocycles. The van der Waals surface area contributed by atoms with E-state index in [-0.39, 0.29) is 18.4 Å². The number of aliphatic hydroxyl groups excluding tert-OH is 1. The van der Waals surface area contributed by atoms with Crippen molar-refractivity contribution in [1.29, 1.82) is 0 Å². The number of carbonyl (C=O) groups excluding carboxylic acids is 1. The molecule has 110 valence electrons. The molecule has 1 unspecified atom stereocenters. The van der Waals surface area contributed by atoms with Gasteiger partial charge in [-0.05, 0) is 17.9 Å². The number of rotatable bonds is 6. The lowest BCUT2D eigenvalue weighted by Crippen LogP contribution is -2.31.